The zero-order valence-corrected chi connectivity index (χ0v) is 17.0. The molecule has 2 aromatic rings. The Labute approximate surface area is 161 Å². The van der Waals surface area contributed by atoms with Crippen LogP contribution in [0.2, 0.25) is 0 Å². The van der Waals surface area contributed by atoms with Crippen molar-refractivity contribution in [2.24, 2.45) is 0 Å². The molecule has 146 valence electrons. The Morgan fingerprint density at radius 1 is 1.00 bits per heavy atom. The van der Waals surface area contributed by atoms with Crippen molar-refractivity contribution < 1.29 is 17.9 Å². The molecule has 0 aliphatic rings. The topological polar surface area (TPSA) is 75.7 Å². The third-order valence-electron chi connectivity index (χ3n) is 4.04. The number of hydrogen-bond donors (Lipinski definition) is 1. The number of nitrogens with zero attached hydrogens (tertiary/aromatic N) is 1. The molecular weight excluding hydrogens is 364 g/mol. The molecule has 1 N–H and O–H groups in total. The minimum atomic E-state index is -3.50. The molecule has 0 atom stereocenters. The van der Waals surface area contributed by atoms with Crippen molar-refractivity contribution in [3.05, 3.63) is 53.6 Å². The minimum Gasteiger partial charge on any atom is -0.484 e. The van der Waals surface area contributed by atoms with E-state index in [2.05, 4.69) is 5.32 Å². The molecule has 0 saturated carbocycles. The van der Waals surface area contributed by atoms with Crippen molar-refractivity contribution in [2.75, 3.05) is 25.0 Å². The quantitative estimate of drug-likeness (QED) is 0.750. The average molecular weight is 391 g/mol. The van der Waals surface area contributed by atoms with E-state index >= 15 is 0 Å². The van der Waals surface area contributed by atoms with Gasteiger partial charge in [0.2, 0.25) is 10.0 Å². The number of hydrogen-bond acceptors (Lipinski definition) is 4. The highest BCUT2D eigenvalue weighted by Crippen LogP contribution is 2.20. The number of ether oxygens (including phenoxy) is 1. The summed E-state index contributed by atoms with van der Waals surface area (Å²) < 4.78 is 31.8. The monoisotopic (exact) mass is 390 g/mol. The molecule has 0 radical (unpaired) electrons. The Hall–Kier alpha value is -2.38. The van der Waals surface area contributed by atoms with Gasteiger partial charge in [-0.05, 0) is 61.4 Å². The number of carbonyl (C=O) groups is 1. The lowest BCUT2D eigenvalue weighted by Gasteiger charge is -2.18. The number of benzene rings is 2. The van der Waals surface area contributed by atoms with E-state index in [9.17, 15) is 13.2 Å². The Kier molecular flexibility index (Phi) is 6.98. The molecule has 2 aromatic carbocycles. The summed E-state index contributed by atoms with van der Waals surface area (Å²) in [5.74, 6) is 0.156. The maximum atomic E-state index is 12.5. The predicted molar refractivity (Wildman–Crippen MR) is 107 cm³/mol. The van der Waals surface area contributed by atoms with E-state index in [-0.39, 0.29) is 17.4 Å². The van der Waals surface area contributed by atoms with Crippen molar-refractivity contribution >= 4 is 21.6 Å². The van der Waals surface area contributed by atoms with Crippen LogP contribution < -0.4 is 10.1 Å². The Morgan fingerprint density at radius 2 is 1.56 bits per heavy atom. The van der Waals surface area contributed by atoms with E-state index in [1.807, 2.05) is 32.0 Å². The zero-order chi connectivity index (χ0) is 20.0. The van der Waals surface area contributed by atoms with Crippen LogP contribution in [0.3, 0.4) is 0 Å². The van der Waals surface area contributed by atoms with Crippen LogP contribution in [0.1, 0.15) is 25.0 Å². The normalized spacial score (nSPS) is 11.4. The van der Waals surface area contributed by atoms with Crippen LogP contribution in [0, 0.1) is 13.8 Å². The molecule has 0 unspecified atom stereocenters. The lowest BCUT2D eigenvalue weighted by Crippen LogP contribution is -2.30. The van der Waals surface area contributed by atoms with Gasteiger partial charge in [-0.15, -0.1) is 0 Å². The summed E-state index contributed by atoms with van der Waals surface area (Å²) in [7, 11) is -3.50. The van der Waals surface area contributed by atoms with Gasteiger partial charge < -0.3 is 10.1 Å². The molecule has 0 spiro atoms. The summed E-state index contributed by atoms with van der Waals surface area (Å²) in [5.41, 5.74) is 2.86. The first-order valence-corrected chi connectivity index (χ1v) is 10.3. The van der Waals surface area contributed by atoms with Gasteiger partial charge >= 0.3 is 0 Å². The van der Waals surface area contributed by atoms with Crippen molar-refractivity contribution in [2.45, 2.75) is 32.6 Å². The van der Waals surface area contributed by atoms with Crippen LogP contribution in [-0.4, -0.2) is 38.3 Å². The van der Waals surface area contributed by atoms with Crippen molar-refractivity contribution in [1.82, 2.24) is 4.31 Å². The van der Waals surface area contributed by atoms with Gasteiger partial charge in [0, 0.05) is 18.8 Å². The van der Waals surface area contributed by atoms with Crippen LogP contribution in [0.4, 0.5) is 5.69 Å². The molecule has 0 saturated heterocycles. The predicted octanol–water partition coefficient (Wildman–Crippen LogP) is 3.35. The third kappa shape index (κ3) is 5.55. The number of aryl methyl sites for hydroxylation is 2. The summed E-state index contributed by atoms with van der Waals surface area (Å²) in [5, 5.41) is 2.79. The maximum absolute atomic E-state index is 12.5. The highest BCUT2D eigenvalue weighted by Gasteiger charge is 2.21. The van der Waals surface area contributed by atoms with E-state index < -0.39 is 10.0 Å². The molecule has 7 heteroatoms. The number of anilines is 1. The van der Waals surface area contributed by atoms with Crippen LogP contribution in [0.5, 0.6) is 5.75 Å². The fourth-order valence-corrected chi connectivity index (χ4v) is 4.27. The summed E-state index contributed by atoms with van der Waals surface area (Å²) >= 11 is 0. The first kappa shape index (κ1) is 20.9. The number of carbonyl (C=O) groups excluding carboxylic acids is 1. The second kappa shape index (κ2) is 9.01. The average Bonchev–Trinajstić information content (AvgIpc) is 2.60. The Bertz CT molecular complexity index is 868. The molecule has 27 heavy (non-hydrogen) atoms. The van der Waals surface area contributed by atoms with Crippen LogP contribution in [0.15, 0.2) is 47.4 Å². The lowest BCUT2D eigenvalue weighted by atomic mass is 10.1. The molecule has 2 rings (SSSR count). The van der Waals surface area contributed by atoms with E-state index in [4.69, 9.17) is 4.74 Å². The van der Waals surface area contributed by atoms with Gasteiger partial charge in [0.1, 0.15) is 5.75 Å². The van der Waals surface area contributed by atoms with Gasteiger partial charge in [-0.2, -0.15) is 4.31 Å². The van der Waals surface area contributed by atoms with Crippen LogP contribution in [0.25, 0.3) is 0 Å². The van der Waals surface area contributed by atoms with E-state index in [1.54, 1.807) is 26.0 Å². The number of amides is 1. The van der Waals surface area contributed by atoms with Gasteiger partial charge in [0.25, 0.3) is 5.91 Å². The highest BCUT2D eigenvalue weighted by atomic mass is 32.2. The largest absolute Gasteiger partial charge is 0.484 e. The van der Waals surface area contributed by atoms with Gasteiger partial charge in [0.05, 0.1) is 4.90 Å². The van der Waals surface area contributed by atoms with Gasteiger partial charge in [-0.1, -0.05) is 19.9 Å². The molecule has 1 amide bonds. The smallest absolute Gasteiger partial charge is 0.262 e. The first-order chi connectivity index (χ1) is 12.8. The SMILES string of the molecule is CCN(CC)S(=O)(=O)c1ccc(OCC(=O)Nc2cc(C)cc(C)c2)cc1. The summed E-state index contributed by atoms with van der Waals surface area (Å²) in [6.07, 6.45) is 0. The van der Waals surface area contributed by atoms with Crippen LogP contribution >= 0.6 is 0 Å². The lowest BCUT2D eigenvalue weighted by molar-refractivity contribution is -0.118. The molecule has 0 bridgehead atoms. The molecule has 0 aliphatic heterocycles. The fourth-order valence-electron chi connectivity index (χ4n) is 2.81. The molecule has 0 fully saturated rings. The van der Waals surface area contributed by atoms with Crippen LogP contribution in [-0.2, 0) is 14.8 Å². The van der Waals surface area contributed by atoms with Gasteiger partial charge in [-0.3, -0.25) is 4.79 Å². The van der Waals surface area contributed by atoms with Gasteiger partial charge in [0.15, 0.2) is 6.61 Å². The Morgan fingerprint density at radius 3 is 2.07 bits per heavy atom. The van der Waals surface area contributed by atoms with Gasteiger partial charge in [-0.25, -0.2) is 8.42 Å². The molecule has 0 heterocycles. The molecular formula is C20H26N2O4S. The molecule has 0 aromatic heterocycles. The summed E-state index contributed by atoms with van der Waals surface area (Å²) in [6.45, 7) is 8.19. The zero-order valence-electron chi connectivity index (χ0n) is 16.2. The standard InChI is InChI=1S/C20H26N2O4S/c1-5-22(6-2)27(24,25)19-9-7-18(8-10-19)26-14-20(23)21-17-12-15(3)11-16(4)13-17/h7-13H,5-6,14H2,1-4H3,(H,21,23). The Balaban J connectivity index is 1.97. The highest BCUT2D eigenvalue weighted by molar-refractivity contribution is 7.89. The van der Waals surface area contributed by atoms with E-state index in [1.165, 1.54) is 16.4 Å². The molecule has 0 aliphatic carbocycles. The maximum Gasteiger partial charge on any atom is 0.262 e. The van der Waals surface area contributed by atoms with E-state index in [0.717, 1.165) is 16.8 Å². The number of sulfonamides is 1. The molecule has 6 nitrogen and oxygen atoms in total. The first-order valence-electron chi connectivity index (χ1n) is 8.87. The van der Waals surface area contributed by atoms with Crippen molar-refractivity contribution in [1.29, 1.82) is 0 Å². The summed E-state index contributed by atoms with van der Waals surface area (Å²) in [6, 6.07) is 11.9. The number of rotatable bonds is 8. The second-order valence-electron chi connectivity index (χ2n) is 6.27. The van der Waals surface area contributed by atoms with E-state index in [0.29, 0.717) is 18.8 Å². The number of nitrogens with one attached hydrogen (secondary N) is 1. The second-order valence-corrected chi connectivity index (χ2v) is 8.21. The van der Waals surface area contributed by atoms with Crippen molar-refractivity contribution in [3.63, 3.8) is 0 Å². The third-order valence-corrected chi connectivity index (χ3v) is 6.11. The fraction of sp³-hybridized carbons (Fsp3) is 0.350. The summed E-state index contributed by atoms with van der Waals surface area (Å²) in [4.78, 5) is 12.3. The van der Waals surface area contributed by atoms with Crippen molar-refractivity contribution in [3.8, 4) is 5.75 Å². The minimum absolute atomic E-state index is 0.158.